The summed E-state index contributed by atoms with van der Waals surface area (Å²) in [5.41, 5.74) is -2.03. The topological polar surface area (TPSA) is 87.0 Å². The van der Waals surface area contributed by atoms with E-state index in [1.165, 1.54) is 0 Å². The van der Waals surface area contributed by atoms with Crippen LogP contribution in [0.3, 0.4) is 0 Å². The second kappa shape index (κ2) is 5.52. The molecule has 0 amide bonds. The van der Waals surface area contributed by atoms with Crippen LogP contribution in [-0.4, -0.2) is 34.4 Å². The molecule has 5 heteroatoms. The molecular formula is C17H27NO4. The van der Waals surface area contributed by atoms with E-state index >= 15 is 0 Å². The number of hydrogen-bond donors (Lipinski definition) is 2. The Hall–Kier alpha value is -1.65. The molecule has 0 aliphatic heterocycles. The molecule has 0 saturated carbocycles. The Bertz CT molecular complexity index is 555. The molecule has 22 heavy (non-hydrogen) atoms. The molecule has 0 fully saturated rings. The average molecular weight is 309 g/mol. The Balaban J connectivity index is 3.84. The second-order valence-corrected chi connectivity index (χ2v) is 7.26. The normalized spacial score (nSPS) is 34.4. The molecule has 0 saturated heterocycles. The van der Waals surface area contributed by atoms with E-state index in [1.807, 2.05) is 27.7 Å². The zero-order chi connectivity index (χ0) is 17.5. The van der Waals surface area contributed by atoms with Crippen LogP contribution in [0.4, 0.5) is 0 Å². The van der Waals surface area contributed by atoms with Crippen LogP contribution >= 0.6 is 0 Å². The summed E-state index contributed by atoms with van der Waals surface area (Å²) in [7, 11) is 0. The summed E-state index contributed by atoms with van der Waals surface area (Å²) in [4.78, 5) is 28.5. The quantitative estimate of drug-likeness (QED) is 0.783. The Morgan fingerprint density at radius 3 is 2.09 bits per heavy atom. The Morgan fingerprint density at radius 2 is 1.77 bits per heavy atom. The highest BCUT2D eigenvalue weighted by Crippen LogP contribution is 2.54. The maximum atomic E-state index is 12.2. The fraction of sp³-hybridized carbons (Fsp3) is 0.706. The van der Waals surface area contributed by atoms with Gasteiger partial charge in [0, 0.05) is 18.2 Å². The van der Waals surface area contributed by atoms with Crippen LogP contribution in [0.2, 0.25) is 0 Å². The van der Waals surface area contributed by atoms with Gasteiger partial charge in [-0.25, -0.2) is 0 Å². The van der Waals surface area contributed by atoms with Crippen molar-refractivity contribution in [3.05, 3.63) is 11.6 Å². The van der Waals surface area contributed by atoms with Gasteiger partial charge in [-0.3, -0.25) is 14.6 Å². The lowest BCUT2D eigenvalue weighted by Gasteiger charge is -2.50. The first-order chi connectivity index (χ1) is 9.87. The molecule has 3 unspecified atom stereocenters. The number of nitrogens with zero attached hydrogens (tertiary/aromatic N) is 1. The average Bonchev–Trinajstić information content (AvgIpc) is 2.36. The van der Waals surface area contributed by atoms with Crippen molar-refractivity contribution >= 4 is 17.7 Å². The number of rotatable bonds is 3. The lowest BCUT2D eigenvalue weighted by atomic mass is 9.51. The van der Waals surface area contributed by atoms with Gasteiger partial charge in [0.05, 0.1) is 5.41 Å². The van der Waals surface area contributed by atoms with E-state index < -0.39 is 34.1 Å². The minimum Gasteiger partial charge on any atom is -0.481 e. The van der Waals surface area contributed by atoms with E-state index in [4.69, 9.17) is 0 Å². The highest BCUT2D eigenvalue weighted by molar-refractivity contribution is 6.12. The van der Waals surface area contributed by atoms with Gasteiger partial charge >= 0.3 is 11.9 Å². The molecular weight excluding hydrogens is 282 g/mol. The van der Waals surface area contributed by atoms with Crippen molar-refractivity contribution in [3.8, 4) is 0 Å². The summed E-state index contributed by atoms with van der Waals surface area (Å²) in [6.07, 6.45) is 1.64. The fourth-order valence-electron chi connectivity index (χ4n) is 3.64. The minimum atomic E-state index is -1.25. The van der Waals surface area contributed by atoms with E-state index in [-0.39, 0.29) is 0 Å². The standard InChI is InChI=1S/C17H27NO4/c1-8-18-12-11(3)17(14(21)22,15(4,5)6)9-10(2)16(12,7)13(19)20/h9,11H,8H2,1-7H3,(H,19,20)(H,21,22). The summed E-state index contributed by atoms with van der Waals surface area (Å²) in [6, 6.07) is 0. The van der Waals surface area contributed by atoms with Crippen LogP contribution in [0.5, 0.6) is 0 Å². The molecule has 2 N–H and O–H groups in total. The third-order valence-corrected chi connectivity index (χ3v) is 5.19. The zero-order valence-corrected chi connectivity index (χ0v) is 14.5. The highest BCUT2D eigenvalue weighted by Gasteiger charge is 2.60. The lowest BCUT2D eigenvalue weighted by Crippen LogP contribution is -2.57. The van der Waals surface area contributed by atoms with Gasteiger partial charge in [-0.2, -0.15) is 0 Å². The summed E-state index contributed by atoms with van der Waals surface area (Å²) in [6.45, 7) is 12.9. The maximum Gasteiger partial charge on any atom is 0.319 e. The molecule has 0 heterocycles. The van der Waals surface area contributed by atoms with Gasteiger partial charge in [-0.1, -0.05) is 39.3 Å². The second-order valence-electron chi connectivity index (χ2n) is 7.26. The third kappa shape index (κ3) is 2.27. The van der Waals surface area contributed by atoms with Crippen molar-refractivity contribution in [1.29, 1.82) is 0 Å². The molecule has 124 valence electrons. The molecule has 0 radical (unpaired) electrons. The molecule has 5 nitrogen and oxygen atoms in total. The largest absolute Gasteiger partial charge is 0.481 e. The molecule has 0 spiro atoms. The number of carboxylic acid groups (broad SMARTS) is 2. The number of aliphatic carboxylic acids is 2. The monoisotopic (exact) mass is 309 g/mol. The van der Waals surface area contributed by atoms with Gasteiger partial charge in [-0.05, 0) is 26.2 Å². The first-order valence-electron chi connectivity index (χ1n) is 7.58. The van der Waals surface area contributed by atoms with Gasteiger partial charge in [0.1, 0.15) is 5.41 Å². The summed E-state index contributed by atoms with van der Waals surface area (Å²) < 4.78 is 0. The van der Waals surface area contributed by atoms with Crippen LogP contribution in [0, 0.1) is 22.2 Å². The minimum absolute atomic E-state index is 0.426. The molecule has 1 aliphatic rings. The smallest absolute Gasteiger partial charge is 0.319 e. The number of carboxylic acids is 2. The molecule has 3 atom stereocenters. The summed E-state index contributed by atoms with van der Waals surface area (Å²) >= 11 is 0. The van der Waals surface area contributed by atoms with Crippen LogP contribution < -0.4 is 0 Å². The fourth-order valence-corrected chi connectivity index (χ4v) is 3.64. The van der Waals surface area contributed by atoms with E-state index in [0.29, 0.717) is 17.8 Å². The number of hydrogen-bond acceptors (Lipinski definition) is 3. The Kier molecular flexibility index (Phi) is 4.62. The van der Waals surface area contributed by atoms with Gasteiger partial charge in [0.25, 0.3) is 0 Å². The molecule has 1 aliphatic carbocycles. The van der Waals surface area contributed by atoms with Crippen molar-refractivity contribution in [1.82, 2.24) is 0 Å². The van der Waals surface area contributed by atoms with Crippen molar-refractivity contribution < 1.29 is 19.8 Å². The van der Waals surface area contributed by atoms with E-state index in [2.05, 4.69) is 4.99 Å². The Morgan fingerprint density at radius 1 is 1.27 bits per heavy atom. The molecule has 0 bridgehead atoms. The van der Waals surface area contributed by atoms with Crippen molar-refractivity contribution in [3.63, 3.8) is 0 Å². The van der Waals surface area contributed by atoms with Gasteiger partial charge < -0.3 is 10.2 Å². The van der Waals surface area contributed by atoms with E-state index in [0.717, 1.165) is 0 Å². The predicted octanol–water partition coefficient (Wildman–Crippen LogP) is 3.25. The number of carbonyl (C=O) groups is 2. The van der Waals surface area contributed by atoms with Gasteiger partial charge in [0.15, 0.2) is 0 Å². The van der Waals surface area contributed by atoms with Crippen molar-refractivity contribution in [2.75, 3.05) is 6.54 Å². The summed E-state index contributed by atoms with van der Waals surface area (Å²) in [5.74, 6) is -2.44. The first kappa shape index (κ1) is 18.4. The maximum absolute atomic E-state index is 12.2. The van der Waals surface area contributed by atoms with Crippen LogP contribution in [0.1, 0.15) is 48.5 Å². The number of aliphatic imine (C=N–C) groups is 1. The molecule has 0 aromatic rings. The van der Waals surface area contributed by atoms with Gasteiger partial charge in [-0.15, -0.1) is 0 Å². The lowest BCUT2D eigenvalue weighted by molar-refractivity contribution is -0.155. The Labute approximate surface area is 132 Å². The third-order valence-electron chi connectivity index (χ3n) is 5.19. The molecule has 1 rings (SSSR count). The van der Waals surface area contributed by atoms with Crippen LogP contribution in [0.15, 0.2) is 16.6 Å². The van der Waals surface area contributed by atoms with Crippen LogP contribution in [-0.2, 0) is 9.59 Å². The highest BCUT2D eigenvalue weighted by atomic mass is 16.4. The first-order valence-corrected chi connectivity index (χ1v) is 7.58. The van der Waals surface area contributed by atoms with Crippen molar-refractivity contribution in [2.45, 2.75) is 48.5 Å². The van der Waals surface area contributed by atoms with Gasteiger partial charge in [0.2, 0.25) is 0 Å². The van der Waals surface area contributed by atoms with Crippen molar-refractivity contribution in [2.24, 2.45) is 27.2 Å². The predicted molar refractivity (Wildman–Crippen MR) is 86.2 cm³/mol. The zero-order valence-electron chi connectivity index (χ0n) is 14.5. The van der Waals surface area contributed by atoms with Crippen LogP contribution in [0.25, 0.3) is 0 Å². The SMILES string of the molecule is CCN=C1C(C)C(C(=O)O)(C(C)(C)C)C=C(C)C1(C)C(=O)O. The molecule has 0 aromatic heterocycles. The van der Waals surface area contributed by atoms with E-state index in [1.54, 1.807) is 26.8 Å². The summed E-state index contributed by atoms with van der Waals surface area (Å²) in [5, 5.41) is 19.7. The van der Waals surface area contributed by atoms with E-state index in [9.17, 15) is 19.8 Å². The molecule has 0 aromatic carbocycles.